The first-order valence-corrected chi connectivity index (χ1v) is 14.1. The number of methoxy groups -OCH3 is 1. The summed E-state index contributed by atoms with van der Waals surface area (Å²) in [7, 11) is 1.49. The van der Waals surface area contributed by atoms with Crippen molar-refractivity contribution in [2.24, 2.45) is 5.73 Å². The lowest BCUT2D eigenvalue weighted by Gasteiger charge is -2.31. The average molecular weight is 596 g/mol. The fraction of sp³-hybridized carbons (Fsp3) is 0.424. The molecule has 0 bridgehead atoms. The molecule has 9 nitrogen and oxygen atoms in total. The monoisotopic (exact) mass is 595 g/mol. The summed E-state index contributed by atoms with van der Waals surface area (Å²) < 4.78 is 30.0. The molecule has 1 unspecified atom stereocenters. The lowest BCUT2D eigenvalue weighted by Crippen LogP contribution is -2.44. The van der Waals surface area contributed by atoms with Crippen molar-refractivity contribution in [2.45, 2.75) is 71.1 Å². The topological polar surface area (TPSA) is 133 Å². The Hall–Kier alpha value is -4.02. The van der Waals surface area contributed by atoms with Crippen molar-refractivity contribution in [2.75, 3.05) is 20.3 Å². The summed E-state index contributed by atoms with van der Waals surface area (Å²) >= 11 is 0. The molecule has 0 aliphatic heterocycles. The van der Waals surface area contributed by atoms with E-state index < -0.39 is 22.8 Å². The van der Waals surface area contributed by atoms with Gasteiger partial charge in [0.1, 0.15) is 18.0 Å². The number of carbonyl (C=O) groups excluding carboxylic acids is 2. The number of halogens is 1. The predicted molar refractivity (Wildman–Crippen MR) is 163 cm³/mol. The normalized spacial score (nSPS) is 13.2. The van der Waals surface area contributed by atoms with E-state index in [-0.39, 0.29) is 37.7 Å². The van der Waals surface area contributed by atoms with Crippen molar-refractivity contribution in [3.63, 3.8) is 0 Å². The average Bonchev–Trinajstić information content (AvgIpc) is 2.93. The van der Waals surface area contributed by atoms with Gasteiger partial charge in [-0.3, -0.25) is 9.78 Å². The van der Waals surface area contributed by atoms with Crippen LogP contribution in [0.1, 0.15) is 76.0 Å². The fourth-order valence-corrected chi connectivity index (χ4v) is 4.35. The van der Waals surface area contributed by atoms with Crippen LogP contribution in [0.5, 0.6) is 11.5 Å². The number of aliphatic hydroxyl groups is 1. The third-order valence-electron chi connectivity index (χ3n) is 6.79. The minimum Gasteiger partial charge on any atom is -0.493 e. The van der Waals surface area contributed by atoms with Crippen LogP contribution in [0.3, 0.4) is 0 Å². The van der Waals surface area contributed by atoms with Crippen LogP contribution in [0.2, 0.25) is 0 Å². The number of alkyl carbamates (subject to hydrolysis) is 1. The van der Waals surface area contributed by atoms with E-state index in [1.54, 1.807) is 58.0 Å². The number of nitrogens with zero attached hydrogens (tertiary/aromatic N) is 1. The first-order chi connectivity index (χ1) is 20.0. The van der Waals surface area contributed by atoms with Gasteiger partial charge in [0.15, 0.2) is 17.3 Å². The SMILES string of the molecule is COc1ccc(C(=O)CCC(C)(N)c2cc(C(C)(C)NC(=O)OC(C)(C)C)cc(-c3ccc(F)cc3)n2)cc1OCCO. The fourth-order valence-electron chi connectivity index (χ4n) is 4.35. The zero-order chi connectivity index (χ0) is 32.0. The van der Waals surface area contributed by atoms with Crippen LogP contribution in [0.4, 0.5) is 9.18 Å². The summed E-state index contributed by atoms with van der Waals surface area (Å²) in [6.07, 6.45) is -0.220. The number of amides is 1. The van der Waals surface area contributed by atoms with Crippen molar-refractivity contribution in [3.8, 4) is 22.8 Å². The summed E-state index contributed by atoms with van der Waals surface area (Å²) in [6.45, 7) is 10.7. The molecule has 1 amide bonds. The Kier molecular flexibility index (Phi) is 10.5. The molecular weight excluding hydrogens is 553 g/mol. The number of pyridine rings is 1. The molecule has 10 heteroatoms. The number of aromatic nitrogens is 1. The summed E-state index contributed by atoms with van der Waals surface area (Å²) in [4.78, 5) is 30.7. The molecule has 4 N–H and O–H groups in total. The van der Waals surface area contributed by atoms with Crippen LogP contribution in [0.25, 0.3) is 11.3 Å². The maximum Gasteiger partial charge on any atom is 0.408 e. The third kappa shape index (κ3) is 9.23. The Bertz CT molecular complexity index is 1430. The summed E-state index contributed by atoms with van der Waals surface area (Å²) in [5.41, 5.74) is 7.01. The van der Waals surface area contributed by atoms with Gasteiger partial charge in [-0.15, -0.1) is 0 Å². The Morgan fingerprint density at radius 2 is 1.65 bits per heavy atom. The van der Waals surface area contributed by atoms with Crippen LogP contribution < -0.4 is 20.5 Å². The number of rotatable bonds is 12. The third-order valence-corrected chi connectivity index (χ3v) is 6.79. The molecule has 1 heterocycles. The van der Waals surface area contributed by atoms with Gasteiger partial charge in [-0.05, 0) is 108 Å². The number of nitrogens with one attached hydrogen (secondary N) is 1. The second-order valence-electron chi connectivity index (χ2n) is 12.2. The summed E-state index contributed by atoms with van der Waals surface area (Å²) in [6, 6.07) is 14.4. The molecule has 0 fully saturated rings. The van der Waals surface area contributed by atoms with Gasteiger partial charge in [0.05, 0.1) is 36.2 Å². The van der Waals surface area contributed by atoms with Crippen LogP contribution in [-0.2, 0) is 15.8 Å². The molecular formula is C33H42FN3O6. The van der Waals surface area contributed by atoms with Crippen LogP contribution in [0.15, 0.2) is 54.6 Å². The number of Topliss-reactive ketones (excluding diaryl/α,β-unsaturated/α-hetero) is 1. The van der Waals surface area contributed by atoms with E-state index in [4.69, 9.17) is 30.0 Å². The number of ether oxygens (including phenoxy) is 3. The smallest absolute Gasteiger partial charge is 0.408 e. The van der Waals surface area contributed by atoms with Crippen molar-refractivity contribution < 1.29 is 33.3 Å². The van der Waals surface area contributed by atoms with Gasteiger partial charge >= 0.3 is 6.09 Å². The second-order valence-corrected chi connectivity index (χ2v) is 12.2. The number of ketones is 1. The van der Waals surface area contributed by atoms with Gasteiger partial charge in [-0.25, -0.2) is 9.18 Å². The second kappa shape index (κ2) is 13.5. The number of aliphatic hydroxyl groups excluding tert-OH is 1. The zero-order valence-corrected chi connectivity index (χ0v) is 25.9. The standard InChI is InChI=1S/C33H42FN3O6/c1-31(2,3)43-30(40)37-32(4,5)23-19-25(21-8-11-24(34)12-9-21)36-29(20-23)33(6,35)15-14-26(39)22-10-13-27(41-7)28(18-22)42-17-16-38/h8-13,18-20,38H,14-17,35H2,1-7H3,(H,37,40). The molecule has 1 atom stereocenters. The molecule has 0 aliphatic rings. The Morgan fingerprint density at radius 3 is 2.26 bits per heavy atom. The molecule has 3 aromatic rings. The van der Waals surface area contributed by atoms with E-state index in [0.717, 1.165) is 0 Å². The van der Waals surface area contributed by atoms with Crippen molar-refractivity contribution in [1.82, 2.24) is 10.3 Å². The summed E-state index contributed by atoms with van der Waals surface area (Å²) in [5.74, 6) is 0.272. The lowest BCUT2D eigenvalue weighted by atomic mass is 9.86. The Morgan fingerprint density at radius 1 is 0.977 bits per heavy atom. The minimum absolute atomic E-state index is 0.0619. The van der Waals surface area contributed by atoms with Gasteiger partial charge in [0.2, 0.25) is 0 Å². The predicted octanol–water partition coefficient (Wildman–Crippen LogP) is 5.86. The molecule has 0 saturated heterocycles. The molecule has 0 aliphatic carbocycles. The molecule has 3 rings (SSSR count). The van der Waals surface area contributed by atoms with Crippen LogP contribution >= 0.6 is 0 Å². The molecule has 1 aromatic heterocycles. The minimum atomic E-state index is -1.05. The van der Waals surface area contributed by atoms with Crippen LogP contribution in [-0.4, -0.2) is 47.9 Å². The number of carbonyl (C=O) groups is 2. The van der Waals surface area contributed by atoms with Gasteiger partial charge < -0.3 is 30.4 Å². The maximum absolute atomic E-state index is 13.7. The zero-order valence-electron chi connectivity index (χ0n) is 25.9. The Balaban J connectivity index is 1.93. The molecule has 43 heavy (non-hydrogen) atoms. The van der Waals surface area contributed by atoms with Gasteiger partial charge in [0.25, 0.3) is 0 Å². The number of nitrogens with two attached hydrogens (primary N) is 1. The van der Waals surface area contributed by atoms with Gasteiger partial charge in [-0.1, -0.05) is 0 Å². The molecule has 0 spiro atoms. The molecule has 0 radical (unpaired) electrons. The number of benzene rings is 2. The van der Waals surface area contributed by atoms with Gasteiger partial charge in [-0.2, -0.15) is 0 Å². The van der Waals surface area contributed by atoms with Gasteiger partial charge in [0, 0.05) is 17.5 Å². The van der Waals surface area contributed by atoms with Crippen LogP contribution in [0, 0.1) is 5.82 Å². The first-order valence-electron chi connectivity index (χ1n) is 14.1. The highest BCUT2D eigenvalue weighted by Gasteiger charge is 2.31. The number of hydrogen-bond acceptors (Lipinski definition) is 8. The van der Waals surface area contributed by atoms with Crippen molar-refractivity contribution in [3.05, 3.63) is 77.2 Å². The maximum atomic E-state index is 13.7. The van der Waals surface area contributed by atoms with E-state index in [0.29, 0.717) is 39.6 Å². The highest BCUT2D eigenvalue weighted by Crippen LogP contribution is 2.33. The first kappa shape index (κ1) is 33.5. The largest absolute Gasteiger partial charge is 0.493 e. The molecule has 232 valence electrons. The van der Waals surface area contributed by atoms with Crippen molar-refractivity contribution >= 4 is 11.9 Å². The highest BCUT2D eigenvalue weighted by atomic mass is 19.1. The Labute approximate surface area is 252 Å². The van der Waals surface area contributed by atoms with E-state index >= 15 is 0 Å². The number of hydrogen-bond donors (Lipinski definition) is 3. The quantitative estimate of drug-likeness (QED) is 0.222. The van der Waals surface area contributed by atoms with E-state index in [9.17, 15) is 14.0 Å². The molecule has 2 aromatic carbocycles. The van der Waals surface area contributed by atoms with E-state index in [1.807, 2.05) is 26.0 Å². The van der Waals surface area contributed by atoms with E-state index in [1.165, 1.54) is 19.2 Å². The summed E-state index contributed by atoms with van der Waals surface area (Å²) in [5, 5.41) is 12.0. The van der Waals surface area contributed by atoms with Crippen molar-refractivity contribution in [1.29, 1.82) is 0 Å². The highest BCUT2D eigenvalue weighted by molar-refractivity contribution is 5.96. The lowest BCUT2D eigenvalue weighted by molar-refractivity contribution is 0.0470. The molecule has 0 saturated carbocycles. The van der Waals surface area contributed by atoms with E-state index in [2.05, 4.69) is 5.32 Å².